The first kappa shape index (κ1) is 15.6. The molecule has 0 saturated carbocycles. The van der Waals surface area contributed by atoms with Crippen molar-refractivity contribution in [2.45, 2.75) is 6.92 Å². The highest BCUT2D eigenvalue weighted by molar-refractivity contribution is 6.30. The molecule has 0 amide bonds. The topological polar surface area (TPSA) is 45.4 Å². The maximum atomic E-state index is 10.4. The van der Waals surface area contributed by atoms with E-state index in [1.165, 1.54) is 5.56 Å². The molecular weight excluding hydrogens is 334 g/mol. The molecule has 0 bridgehead atoms. The molecule has 2 N–H and O–H groups in total. The molecule has 25 heavy (non-hydrogen) atoms. The van der Waals surface area contributed by atoms with Gasteiger partial charge in [-0.1, -0.05) is 41.4 Å². The Balaban J connectivity index is 2.09. The zero-order valence-corrected chi connectivity index (χ0v) is 14.3. The van der Waals surface area contributed by atoms with Gasteiger partial charge in [0.1, 0.15) is 11.5 Å². The Morgan fingerprint density at radius 2 is 1.60 bits per heavy atom. The highest BCUT2D eigenvalue weighted by Gasteiger charge is 2.16. The molecule has 3 aromatic carbocycles. The van der Waals surface area contributed by atoms with Gasteiger partial charge in [0, 0.05) is 16.5 Å². The fraction of sp³-hybridized carbons (Fsp3) is 0.0476. The van der Waals surface area contributed by atoms with Crippen LogP contribution in [0.25, 0.3) is 27.8 Å². The van der Waals surface area contributed by atoms with Crippen LogP contribution in [0.3, 0.4) is 0 Å². The molecule has 0 radical (unpaired) electrons. The minimum Gasteiger partial charge on any atom is -0.508 e. The fourth-order valence-electron chi connectivity index (χ4n) is 3.06. The Kier molecular flexibility index (Phi) is 3.66. The third-order valence-corrected chi connectivity index (χ3v) is 4.55. The Hall–Kier alpha value is -2.91. The predicted molar refractivity (Wildman–Crippen MR) is 102 cm³/mol. The van der Waals surface area contributed by atoms with Crippen LogP contribution in [0.1, 0.15) is 5.56 Å². The van der Waals surface area contributed by atoms with E-state index in [1.807, 2.05) is 47.9 Å². The average molecular weight is 350 g/mol. The first-order chi connectivity index (χ1) is 12.0. The van der Waals surface area contributed by atoms with E-state index in [0.29, 0.717) is 10.7 Å². The normalized spacial score (nSPS) is 11.1. The number of benzene rings is 3. The van der Waals surface area contributed by atoms with E-state index in [2.05, 4.69) is 0 Å². The number of halogens is 1. The largest absolute Gasteiger partial charge is 0.508 e. The Morgan fingerprint density at radius 3 is 2.36 bits per heavy atom. The van der Waals surface area contributed by atoms with Crippen LogP contribution >= 0.6 is 11.6 Å². The SMILES string of the molecule is Cc1ccc(-c2cc3ccc(O)cc3n2-c2cc(Cl)ccc2O)cc1. The number of fused-ring (bicyclic) bond motifs is 1. The van der Waals surface area contributed by atoms with Crippen LogP contribution in [0.5, 0.6) is 11.5 Å². The van der Waals surface area contributed by atoms with E-state index in [4.69, 9.17) is 11.6 Å². The van der Waals surface area contributed by atoms with E-state index in [-0.39, 0.29) is 11.5 Å². The number of phenols is 2. The van der Waals surface area contributed by atoms with Crippen LogP contribution in [-0.2, 0) is 0 Å². The highest BCUT2D eigenvalue weighted by atomic mass is 35.5. The van der Waals surface area contributed by atoms with E-state index in [9.17, 15) is 10.2 Å². The second-order valence-corrected chi connectivity index (χ2v) is 6.54. The van der Waals surface area contributed by atoms with Gasteiger partial charge < -0.3 is 14.8 Å². The quantitative estimate of drug-likeness (QED) is 0.489. The van der Waals surface area contributed by atoms with Crippen molar-refractivity contribution in [3.63, 3.8) is 0 Å². The molecule has 0 aliphatic rings. The molecule has 4 aromatic rings. The number of hydrogen-bond acceptors (Lipinski definition) is 2. The molecule has 0 fully saturated rings. The molecule has 1 aromatic heterocycles. The van der Waals surface area contributed by atoms with Crippen LogP contribution < -0.4 is 0 Å². The van der Waals surface area contributed by atoms with Gasteiger partial charge >= 0.3 is 0 Å². The van der Waals surface area contributed by atoms with Crippen LogP contribution in [0.4, 0.5) is 0 Å². The lowest BCUT2D eigenvalue weighted by atomic mass is 10.1. The first-order valence-electron chi connectivity index (χ1n) is 7.93. The lowest BCUT2D eigenvalue weighted by molar-refractivity contribution is 0.472. The summed E-state index contributed by atoms with van der Waals surface area (Å²) in [6, 6.07) is 20.4. The van der Waals surface area contributed by atoms with Gasteiger partial charge in [-0.25, -0.2) is 0 Å². The summed E-state index contributed by atoms with van der Waals surface area (Å²) in [6.07, 6.45) is 0. The van der Waals surface area contributed by atoms with Crippen LogP contribution in [0.2, 0.25) is 5.02 Å². The van der Waals surface area contributed by atoms with Crippen LogP contribution in [0, 0.1) is 6.92 Å². The summed E-state index contributed by atoms with van der Waals surface area (Å²) >= 11 is 6.16. The second-order valence-electron chi connectivity index (χ2n) is 6.11. The number of aromatic nitrogens is 1. The first-order valence-corrected chi connectivity index (χ1v) is 8.31. The predicted octanol–water partition coefficient (Wildman–Crippen LogP) is 5.67. The molecule has 0 aliphatic heterocycles. The van der Waals surface area contributed by atoms with Crippen molar-refractivity contribution in [2.75, 3.05) is 0 Å². The van der Waals surface area contributed by atoms with Crippen molar-refractivity contribution < 1.29 is 10.2 Å². The number of hydrogen-bond donors (Lipinski definition) is 2. The van der Waals surface area contributed by atoms with Gasteiger partial charge in [0.15, 0.2) is 0 Å². The summed E-state index contributed by atoms with van der Waals surface area (Å²) in [5, 5.41) is 21.8. The average Bonchev–Trinajstić information content (AvgIpc) is 2.96. The minimum absolute atomic E-state index is 0.124. The lowest BCUT2D eigenvalue weighted by Gasteiger charge is -2.13. The summed E-state index contributed by atoms with van der Waals surface area (Å²) in [5.74, 6) is 0.294. The van der Waals surface area contributed by atoms with E-state index in [1.54, 1.807) is 30.3 Å². The third-order valence-electron chi connectivity index (χ3n) is 4.31. The number of phenolic OH excluding ortho intramolecular Hbond substituents is 2. The summed E-state index contributed by atoms with van der Waals surface area (Å²) in [5.41, 5.74) is 4.48. The molecular formula is C21H16ClNO2. The van der Waals surface area contributed by atoms with Crippen LogP contribution in [0.15, 0.2) is 66.7 Å². The Bertz CT molecular complexity index is 1080. The molecule has 0 spiro atoms. The monoisotopic (exact) mass is 349 g/mol. The summed E-state index contributed by atoms with van der Waals surface area (Å²) in [7, 11) is 0. The van der Waals surface area contributed by atoms with Crippen molar-refractivity contribution in [2.24, 2.45) is 0 Å². The van der Waals surface area contributed by atoms with Crippen molar-refractivity contribution in [3.05, 3.63) is 77.3 Å². The van der Waals surface area contributed by atoms with Crippen molar-refractivity contribution in [3.8, 4) is 28.4 Å². The maximum absolute atomic E-state index is 10.4. The van der Waals surface area contributed by atoms with Crippen molar-refractivity contribution >= 4 is 22.5 Å². The number of aryl methyl sites for hydroxylation is 1. The molecule has 4 rings (SSSR count). The third kappa shape index (κ3) is 2.73. The Morgan fingerprint density at radius 1 is 0.840 bits per heavy atom. The summed E-state index contributed by atoms with van der Waals surface area (Å²) in [6.45, 7) is 2.04. The molecule has 1 heterocycles. The van der Waals surface area contributed by atoms with E-state index >= 15 is 0 Å². The molecule has 3 nitrogen and oxygen atoms in total. The number of nitrogens with zero attached hydrogens (tertiary/aromatic N) is 1. The van der Waals surface area contributed by atoms with Gasteiger partial charge in [-0.2, -0.15) is 0 Å². The van der Waals surface area contributed by atoms with Gasteiger partial charge in [0.2, 0.25) is 0 Å². The molecule has 0 unspecified atom stereocenters. The van der Waals surface area contributed by atoms with Gasteiger partial charge in [-0.05, 0) is 48.9 Å². The van der Waals surface area contributed by atoms with Crippen molar-refractivity contribution in [1.82, 2.24) is 4.57 Å². The molecule has 4 heteroatoms. The Labute approximate surface area is 150 Å². The fourth-order valence-corrected chi connectivity index (χ4v) is 3.23. The second kappa shape index (κ2) is 5.87. The minimum atomic E-state index is 0.124. The van der Waals surface area contributed by atoms with Gasteiger partial charge in [0.25, 0.3) is 0 Å². The molecule has 0 atom stereocenters. The maximum Gasteiger partial charge on any atom is 0.139 e. The summed E-state index contributed by atoms with van der Waals surface area (Å²) < 4.78 is 1.92. The molecule has 124 valence electrons. The lowest BCUT2D eigenvalue weighted by Crippen LogP contribution is -1.97. The zero-order valence-electron chi connectivity index (χ0n) is 13.6. The van der Waals surface area contributed by atoms with E-state index < -0.39 is 0 Å². The zero-order chi connectivity index (χ0) is 17.6. The van der Waals surface area contributed by atoms with Crippen molar-refractivity contribution in [1.29, 1.82) is 0 Å². The molecule has 0 saturated heterocycles. The molecule has 0 aliphatic carbocycles. The van der Waals surface area contributed by atoms with Crippen LogP contribution in [-0.4, -0.2) is 14.8 Å². The van der Waals surface area contributed by atoms with Gasteiger partial charge in [-0.15, -0.1) is 0 Å². The standard InChI is InChI=1S/C21H16ClNO2/c1-13-2-4-14(5-3-13)18-10-15-6-8-17(24)12-19(15)23(18)20-11-16(22)7-9-21(20)25/h2-12,24-25H,1H3. The van der Waals surface area contributed by atoms with Gasteiger partial charge in [-0.3, -0.25) is 0 Å². The number of rotatable bonds is 2. The number of aromatic hydroxyl groups is 2. The summed E-state index contributed by atoms with van der Waals surface area (Å²) in [4.78, 5) is 0. The smallest absolute Gasteiger partial charge is 0.139 e. The highest BCUT2D eigenvalue weighted by Crippen LogP contribution is 2.37. The van der Waals surface area contributed by atoms with Gasteiger partial charge in [0.05, 0.1) is 16.9 Å². The van der Waals surface area contributed by atoms with E-state index in [0.717, 1.165) is 22.2 Å².